The number of hydrogen-bond acceptors (Lipinski definition) is 5. The standard InChI is InChI=1S/C19H25N5O3/c20-17(25)18-22-16(23-27-18)13-21-19(26)24-11-9-15(10-12-24)8-4-7-14-5-2-1-3-6-14/h1-3,5-6,15H,4,7-13H2,(H2,20,25)(H,21,26). The number of primary amides is 1. The average Bonchev–Trinajstić information content (AvgIpc) is 3.17. The van der Waals surface area contributed by atoms with Gasteiger partial charge in [0.2, 0.25) is 0 Å². The van der Waals surface area contributed by atoms with Crippen LogP contribution in [0.4, 0.5) is 4.79 Å². The molecule has 8 heteroatoms. The quantitative estimate of drug-likeness (QED) is 0.774. The van der Waals surface area contributed by atoms with Crippen molar-refractivity contribution in [3.8, 4) is 0 Å². The second-order valence-corrected chi connectivity index (χ2v) is 6.85. The number of rotatable bonds is 7. The molecule has 1 aromatic carbocycles. The molecular weight excluding hydrogens is 346 g/mol. The van der Waals surface area contributed by atoms with E-state index in [1.807, 2.05) is 11.0 Å². The van der Waals surface area contributed by atoms with Crippen LogP contribution in [0.2, 0.25) is 0 Å². The zero-order chi connectivity index (χ0) is 19.1. The Morgan fingerprint density at radius 2 is 1.96 bits per heavy atom. The number of aromatic nitrogens is 2. The lowest BCUT2D eigenvalue weighted by Gasteiger charge is -2.32. The first-order valence-corrected chi connectivity index (χ1v) is 9.31. The number of likely N-dealkylation sites (tertiary alicyclic amines) is 1. The molecule has 3 rings (SSSR count). The minimum atomic E-state index is -0.783. The molecule has 0 atom stereocenters. The third kappa shape index (κ3) is 5.54. The number of nitrogens with one attached hydrogen (secondary N) is 1. The Morgan fingerprint density at radius 3 is 2.63 bits per heavy atom. The summed E-state index contributed by atoms with van der Waals surface area (Å²) in [7, 11) is 0. The molecule has 0 aliphatic carbocycles. The van der Waals surface area contributed by atoms with Crippen molar-refractivity contribution in [3.05, 3.63) is 47.6 Å². The summed E-state index contributed by atoms with van der Waals surface area (Å²) in [6, 6.07) is 10.4. The summed E-state index contributed by atoms with van der Waals surface area (Å²) in [5.41, 5.74) is 6.43. The van der Waals surface area contributed by atoms with Gasteiger partial charge in [-0.1, -0.05) is 35.5 Å². The molecular formula is C19H25N5O3. The van der Waals surface area contributed by atoms with Crippen LogP contribution < -0.4 is 11.1 Å². The van der Waals surface area contributed by atoms with E-state index < -0.39 is 5.91 Å². The number of piperidine rings is 1. The molecule has 144 valence electrons. The highest BCUT2D eigenvalue weighted by Crippen LogP contribution is 2.23. The lowest BCUT2D eigenvalue weighted by molar-refractivity contribution is 0.0958. The van der Waals surface area contributed by atoms with Crippen molar-refractivity contribution in [2.75, 3.05) is 13.1 Å². The van der Waals surface area contributed by atoms with Crippen LogP contribution in [-0.2, 0) is 13.0 Å². The van der Waals surface area contributed by atoms with Gasteiger partial charge < -0.3 is 20.5 Å². The Kier molecular flexibility index (Phi) is 6.40. The van der Waals surface area contributed by atoms with Crippen LogP contribution in [0.5, 0.6) is 0 Å². The first-order chi connectivity index (χ1) is 13.1. The van der Waals surface area contributed by atoms with Gasteiger partial charge >= 0.3 is 17.8 Å². The number of urea groups is 1. The Balaban J connectivity index is 1.34. The lowest BCUT2D eigenvalue weighted by Crippen LogP contribution is -2.44. The molecule has 0 bridgehead atoms. The summed E-state index contributed by atoms with van der Waals surface area (Å²) in [4.78, 5) is 28.8. The van der Waals surface area contributed by atoms with Gasteiger partial charge in [-0.05, 0) is 43.6 Å². The molecule has 1 saturated heterocycles. The minimum Gasteiger partial charge on any atom is -0.361 e. The van der Waals surface area contributed by atoms with Gasteiger partial charge in [-0.25, -0.2) is 4.79 Å². The van der Waals surface area contributed by atoms with Crippen molar-refractivity contribution < 1.29 is 14.1 Å². The van der Waals surface area contributed by atoms with Crippen molar-refractivity contribution in [2.45, 2.75) is 38.6 Å². The van der Waals surface area contributed by atoms with Gasteiger partial charge in [0.15, 0.2) is 5.82 Å². The van der Waals surface area contributed by atoms with Crippen LogP contribution in [0.1, 0.15) is 47.8 Å². The molecule has 1 aliphatic heterocycles. The molecule has 0 radical (unpaired) electrons. The summed E-state index contributed by atoms with van der Waals surface area (Å²) in [6.07, 6.45) is 5.54. The molecule has 0 saturated carbocycles. The minimum absolute atomic E-state index is 0.104. The van der Waals surface area contributed by atoms with E-state index in [-0.39, 0.29) is 24.3 Å². The van der Waals surface area contributed by atoms with Gasteiger partial charge in [-0.3, -0.25) is 4.79 Å². The van der Waals surface area contributed by atoms with E-state index >= 15 is 0 Å². The van der Waals surface area contributed by atoms with Gasteiger partial charge in [0.1, 0.15) is 0 Å². The zero-order valence-electron chi connectivity index (χ0n) is 15.3. The third-order valence-electron chi connectivity index (χ3n) is 4.90. The van der Waals surface area contributed by atoms with Gasteiger partial charge in [0, 0.05) is 13.1 Å². The van der Waals surface area contributed by atoms with Crippen LogP contribution >= 0.6 is 0 Å². The first-order valence-electron chi connectivity index (χ1n) is 9.31. The molecule has 0 unspecified atom stereocenters. The highest BCUT2D eigenvalue weighted by molar-refractivity contribution is 5.87. The van der Waals surface area contributed by atoms with Crippen molar-refractivity contribution >= 4 is 11.9 Å². The van der Waals surface area contributed by atoms with Gasteiger partial charge in [-0.15, -0.1) is 0 Å². The van der Waals surface area contributed by atoms with E-state index in [9.17, 15) is 9.59 Å². The molecule has 8 nitrogen and oxygen atoms in total. The number of carbonyl (C=O) groups is 2. The highest BCUT2D eigenvalue weighted by atomic mass is 16.5. The zero-order valence-corrected chi connectivity index (χ0v) is 15.3. The normalized spacial score (nSPS) is 14.9. The second kappa shape index (κ2) is 9.16. The van der Waals surface area contributed by atoms with Crippen molar-refractivity contribution in [1.82, 2.24) is 20.4 Å². The fourth-order valence-electron chi connectivity index (χ4n) is 3.36. The largest absolute Gasteiger partial charge is 0.361 e. The molecule has 1 aliphatic rings. The van der Waals surface area contributed by atoms with E-state index in [0.29, 0.717) is 5.92 Å². The Bertz CT molecular complexity index is 754. The first kappa shape index (κ1) is 18.9. The van der Waals surface area contributed by atoms with E-state index in [4.69, 9.17) is 5.73 Å². The van der Waals surface area contributed by atoms with Crippen molar-refractivity contribution in [3.63, 3.8) is 0 Å². The number of nitrogens with zero attached hydrogens (tertiary/aromatic N) is 3. The van der Waals surface area contributed by atoms with Crippen molar-refractivity contribution in [1.29, 1.82) is 0 Å². The molecule has 0 spiro atoms. The SMILES string of the molecule is NC(=O)c1nc(CNC(=O)N2CCC(CCCc3ccccc3)CC2)no1. The summed E-state index contributed by atoms with van der Waals surface area (Å²) in [6.45, 7) is 1.61. The molecule has 1 fully saturated rings. The monoisotopic (exact) mass is 371 g/mol. The number of carbonyl (C=O) groups excluding carboxylic acids is 2. The smallest absolute Gasteiger partial charge is 0.317 e. The van der Waals surface area contributed by atoms with E-state index in [1.54, 1.807) is 0 Å². The average molecular weight is 371 g/mol. The Labute approximate surface area is 158 Å². The van der Waals surface area contributed by atoms with Gasteiger partial charge in [-0.2, -0.15) is 4.98 Å². The van der Waals surface area contributed by atoms with Crippen LogP contribution in [0, 0.1) is 5.92 Å². The number of benzene rings is 1. The summed E-state index contributed by atoms with van der Waals surface area (Å²) in [5, 5.41) is 6.36. The van der Waals surface area contributed by atoms with Crippen molar-refractivity contribution in [2.24, 2.45) is 11.7 Å². The lowest BCUT2D eigenvalue weighted by atomic mass is 9.91. The molecule has 2 aromatic rings. The fraction of sp³-hybridized carbons (Fsp3) is 0.474. The maximum Gasteiger partial charge on any atom is 0.317 e. The molecule has 27 heavy (non-hydrogen) atoms. The molecule has 3 amide bonds. The van der Waals surface area contributed by atoms with Gasteiger partial charge in [0.25, 0.3) is 0 Å². The maximum absolute atomic E-state index is 12.3. The number of nitrogens with two attached hydrogens (primary N) is 1. The fourth-order valence-corrected chi connectivity index (χ4v) is 3.36. The highest BCUT2D eigenvalue weighted by Gasteiger charge is 2.22. The van der Waals surface area contributed by atoms with E-state index in [2.05, 4.69) is 44.2 Å². The maximum atomic E-state index is 12.3. The Morgan fingerprint density at radius 1 is 1.22 bits per heavy atom. The Hall–Kier alpha value is -2.90. The number of amides is 3. The predicted molar refractivity (Wildman–Crippen MR) is 98.7 cm³/mol. The number of hydrogen-bond donors (Lipinski definition) is 2. The van der Waals surface area contributed by atoms with Crippen LogP contribution in [-0.4, -0.2) is 40.1 Å². The second-order valence-electron chi connectivity index (χ2n) is 6.85. The molecule has 1 aromatic heterocycles. The number of aryl methyl sites for hydroxylation is 1. The molecule has 3 N–H and O–H groups in total. The summed E-state index contributed by atoms with van der Waals surface area (Å²) in [5.74, 6) is -0.133. The third-order valence-corrected chi connectivity index (χ3v) is 4.90. The summed E-state index contributed by atoms with van der Waals surface area (Å²) >= 11 is 0. The van der Waals surface area contributed by atoms with Crippen LogP contribution in [0.3, 0.4) is 0 Å². The van der Waals surface area contributed by atoms with E-state index in [1.165, 1.54) is 18.4 Å². The van der Waals surface area contributed by atoms with E-state index in [0.717, 1.165) is 32.4 Å². The van der Waals surface area contributed by atoms with Crippen LogP contribution in [0.25, 0.3) is 0 Å². The predicted octanol–water partition coefficient (Wildman–Crippen LogP) is 2.11. The molecule has 2 heterocycles. The summed E-state index contributed by atoms with van der Waals surface area (Å²) < 4.78 is 4.69. The topological polar surface area (TPSA) is 114 Å². The van der Waals surface area contributed by atoms with Crippen LogP contribution in [0.15, 0.2) is 34.9 Å². The van der Waals surface area contributed by atoms with Gasteiger partial charge in [0.05, 0.1) is 6.54 Å².